The maximum absolute atomic E-state index is 3.76. The molecule has 2 aromatic rings. The summed E-state index contributed by atoms with van der Waals surface area (Å²) in [5.41, 5.74) is 5.09. The Balaban J connectivity index is 2.21. The van der Waals surface area contributed by atoms with Crippen LogP contribution in [0.25, 0.3) is 0 Å². The van der Waals surface area contributed by atoms with Crippen LogP contribution in [0.4, 0.5) is 5.69 Å². The normalized spacial score (nSPS) is 11.4. The molecule has 0 unspecified atom stereocenters. The van der Waals surface area contributed by atoms with Gasteiger partial charge in [-0.05, 0) is 56.7 Å². The highest BCUT2D eigenvalue weighted by molar-refractivity contribution is 5.51. The van der Waals surface area contributed by atoms with E-state index >= 15 is 0 Å². The molecule has 0 saturated heterocycles. The molecule has 1 N–H and O–H groups in total. The quantitative estimate of drug-likeness (QED) is 0.725. The zero-order valence-electron chi connectivity index (χ0n) is 15.0. The highest BCUT2D eigenvalue weighted by Crippen LogP contribution is 2.21. The summed E-state index contributed by atoms with van der Waals surface area (Å²) in [6.45, 7) is 11.1. The van der Waals surface area contributed by atoms with Crippen LogP contribution >= 0.6 is 0 Å². The van der Waals surface area contributed by atoms with E-state index in [1.54, 1.807) is 6.20 Å². The predicted molar refractivity (Wildman–Crippen MR) is 105 cm³/mol. The van der Waals surface area contributed by atoms with Crippen LogP contribution < -0.4 is 10.2 Å². The van der Waals surface area contributed by atoms with E-state index in [4.69, 9.17) is 0 Å². The molecule has 2 heteroatoms. The van der Waals surface area contributed by atoms with Gasteiger partial charge >= 0.3 is 0 Å². The zero-order chi connectivity index (χ0) is 17.4. The molecule has 126 valence electrons. The van der Waals surface area contributed by atoms with E-state index in [1.165, 1.54) is 16.8 Å². The summed E-state index contributed by atoms with van der Waals surface area (Å²) in [7, 11) is 0. The van der Waals surface area contributed by atoms with Crippen LogP contribution in [0.5, 0.6) is 0 Å². The topological polar surface area (TPSA) is 15.3 Å². The number of rotatable bonds is 8. The molecule has 0 amide bonds. The summed E-state index contributed by atoms with van der Waals surface area (Å²) >= 11 is 0. The Morgan fingerprint density at radius 3 is 2.42 bits per heavy atom. The first-order valence-corrected chi connectivity index (χ1v) is 8.56. The van der Waals surface area contributed by atoms with Crippen molar-refractivity contribution < 1.29 is 0 Å². The van der Waals surface area contributed by atoms with Gasteiger partial charge in [-0.3, -0.25) is 0 Å². The van der Waals surface area contributed by atoms with Crippen molar-refractivity contribution in [2.24, 2.45) is 0 Å². The van der Waals surface area contributed by atoms with Gasteiger partial charge in [-0.1, -0.05) is 55.1 Å². The largest absolute Gasteiger partial charge is 0.364 e. The molecule has 2 aromatic carbocycles. The number of nitrogens with one attached hydrogen (secondary N) is 1. The van der Waals surface area contributed by atoms with Crippen LogP contribution in [0.2, 0.25) is 0 Å². The average molecular weight is 320 g/mol. The Morgan fingerprint density at radius 1 is 1.08 bits per heavy atom. The summed E-state index contributed by atoms with van der Waals surface area (Å²) in [5.74, 6) is 0. The first-order chi connectivity index (χ1) is 11.6. The third kappa shape index (κ3) is 5.02. The van der Waals surface area contributed by atoms with Crippen molar-refractivity contribution in [3.05, 3.63) is 90.3 Å². The van der Waals surface area contributed by atoms with Gasteiger partial charge in [-0.15, -0.1) is 0 Å². The third-order valence-corrected chi connectivity index (χ3v) is 4.09. The lowest BCUT2D eigenvalue weighted by Gasteiger charge is -2.30. The molecule has 2 nitrogen and oxygen atoms in total. The Morgan fingerprint density at radius 2 is 1.79 bits per heavy atom. The number of hydrogen-bond acceptors (Lipinski definition) is 2. The standard InChI is InChI=1S/C22H28N2/c1-5-21(23-6-2)17-24(18(3)4)22-14-10-13-20(16-22)15-19-11-8-7-9-12-19/h5-14,16,18,23H,2,15,17H2,1,3-4H3/b21-5-. The summed E-state index contributed by atoms with van der Waals surface area (Å²) in [5, 5.41) is 3.23. The first kappa shape index (κ1) is 17.9. The second-order valence-electron chi connectivity index (χ2n) is 6.22. The number of hydrogen-bond donors (Lipinski definition) is 1. The highest BCUT2D eigenvalue weighted by atomic mass is 15.2. The number of allylic oxidation sites excluding steroid dienone is 1. The molecule has 0 bridgehead atoms. The van der Waals surface area contributed by atoms with E-state index in [-0.39, 0.29) is 0 Å². The lowest BCUT2D eigenvalue weighted by Crippen LogP contribution is -2.34. The molecule has 0 aliphatic rings. The Kier molecular flexibility index (Phi) is 6.68. The molecule has 0 saturated carbocycles. The Labute approximate surface area is 146 Å². The molecule has 24 heavy (non-hydrogen) atoms. The van der Waals surface area contributed by atoms with E-state index in [0.717, 1.165) is 18.7 Å². The fourth-order valence-corrected chi connectivity index (χ4v) is 2.78. The SMILES string of the molecule is C=CN/C(=C\C)CN(c1cccc(Cc2ccccc2)c1)C(C)C. The summed E-state index contributed by atoms with van der Waals surface area (Å²) in [6, 6.07) is 19.9. The number of benzene rings is 2. The smallest absolute Gasteiger partial charge is 0.0579 e. The van der Waals surface area contributed by atoms with Gasteiger partial charge in [-0.25, -0.2) is 0 Å². The van der Waals surface area contributed by atoms with Crippen molar-refractivity contribution >= 4 is 5.69 Å². The van der Waals surface area contributed by atoms with Crippen LogP contribution in [0.3, 0.4) is 0 Å². The van der Waals surface area contributed by atoms with Crippen LogP contribution in [0.1, 0.15) is 31.9 Å². The van der Waals surface area contributed by atoms with E-state index in [9.17, 15) is 0 Å². The Hall–Kier alpha value is -2.48. The van der Waals surface area contributed by atoms with Gasteiger partial charge in [0, 0.05) is 17.4 Å². The number of nitrogens with zero attached hydrogens (tertiary/aromatic N) is 1. The van der Waals surface area contributed by atoms with Gasteiger partial charge in [0.05, 0.1) is 6.54 Å². The van der Waals surface area contributed by atoms with Crippen molar-refractivity contribution in [3.63, 3.8) is 0 Å². The number of anilines is 1. The second kappa shape index (κ2) is 8.97. The van der Waals surface area contributed by atoms with Gasteiger partial charge in [0.15, 0.2) is 0 Å². The summed E-state index contributed by atoms with van der Waals surface area (Å²) in [4.78, 5) is 2.40. The van der Waals surface area contributed by atoms with Crippen LogP contribution in [0.15, 0.2) is 79.1 Å². The summed E-state index contributed by atoms with van der Waals surface area (Å²) in [6.07, 6.45) is 4.80. The zero-order valence-corrected chi connectivity index (χ0v) is 15.0. The highest BCUT2D eigenvalue weighted by Gasteiger charge is 2.12. The van der Waals surface area contributed by atoms with Crippen LogP contribution in [-0.4, -0.2) is 12.6 Å². The lowest BCUT2D eigenvalue weighted by molar-refractivity contribution is 0.698. The lowest BCUT2D eigenvalue weighted by atomic mass is 10.0. The fraction of sp³-hybridized carbons (Fsp3) is 0.273. The van der Waals surface area contributed by atoms with Gasteiger partial charge in [-0.2, -0.15) is 0 Å². The molecule has 0 aliphatic heterocycles. The van der Waals surface area contributed by atoms with Crippen molar-refractivity contribution in [2.75, 3.05) is 11.4 Å². The molecule has 0 heterocycles. The average Bonchev–Trinajstić information content (AvgIpc) is 2.59. The molecule has 2 rings (SSSR count). The molecule has 0 atom stereocenters. The van der Waals surface area contributed by atoms with Crippen molar-refractivity contribution in [2.45, 2.75) is 33.2 Å². The van der Waals surface area contributed by atoms with Gasteiger partial charge in [0.25, 0.3) is 0 Å². The van der Waals surface area contributed by atoms with E-state index in [1.807, 2.05) is 0 Å². The molecule has 0 spiro atoms. The molecule has 0 aliphatic carbocycles. The maximum Gasteiger partial charge on any atom is 0.0579 e. The van der Waals surface area contributed by atoms with Crippen molar-refractivity contribution in [1.82, 2.24) is 5.32 Å². The van der Waals surface area contributed by atoms with Crippen LogP contribution in [-0.2, 0) is 6.42 Å². The molecular formula is C22H28N2. The predicted octanol–water partition coefficient (Wildman–Crippen LogP) is 5.13. The van der Waals surface area contributed by atoms with E-state index in [2.05, 4.69) is 98.2 Å². The molecule has 0 radical (unpaired) electrons. The molecule has 0 fully saturated rings. The third-order valence-electron chi connectivity index (χ3n) is 4.09. The minimum Gasteiger partial charge on any atom is -0.364 e. The van der Waals surface area contributed by atoms with E-state index < -0.39 is 0 Å². The van der Waals surface area contributed by atoms with Crippen LogP contribution in [0, 0.1) is 0 Å². The second-order valence-corrected chi connectivity index (χ2v) is 6.22. The van der Waals surface area contributed by atoms with E-state index in [0.29, 0.717) is 6.04 Å². The minimum absolute atomic E-state index is 0.415. The molecular weight excluding hydrogens is 292 g/mol. The van der Waals surface area contributed by atoms with Gasteiger partial charge in [0.2, 0.25) is 0 Å². The minimum atomic E-state index is 0.415. The fourth-order valence-electron chi connectivity index (χ4n) is 2.78. The van der Waals surface area contributed by atoms with Crippen molar-refractivity contribution in [1.29, 1.82) is 0 Å². The van der Waals surface area contributed by atoms with Gasteiger partial charge in [0.1, 0.15) is 0 Å². The molecule has 0 aromatic heterocycles. The van der Waals surface area contributed by atoms with Crippen molar-refractivity contribution in [3.8, 4) is 0 Å². The Bertz CT molecular complexity index is 671. The maximum atomic E-state index is 3.76. The first-order valence-electron chi connectivity index (χ1n) is 8.56. The monoisotopic (exact) mass is 320 g/mol. The van der Waals surface area contributed by atoms with Gasteiger partial charge < -0.3 is 10.2 Å². The summed E-state index contributed by atoms with van der Waals surface area (Å²) < 4.78 is 0.